The lowest BCUT2D eigenvalue weighted by Crippen LogP contribution is -2.01. The Morgan fingerprint density at radius 3 is 2.83 bits per heavy atom. The maximum Gasteiger partial charge on any atom is 0.126 e. The van der Waals surface area contributed by atoms with Crippen LogP contribution in [-0.2, 0) is 6.42 Å². The van der Waals surface area contributed by atoms with Gasteiger partial charge in [-0.25, -0.2) is 0 Å². The predicted octanol–water partition coefficient (Wildman–Crippen LogP) is 4.30. The Labute approximate surface area is 109 Å². The summed E-state index contributed by atoms with van der Waals surface area (Å²) in [7, 11) is 0. The third-order valence-electron chi connectivity index (χ3n) is 3.08. The van der Waals surface area contributed by atoms with E-state index in [1.165, 1.54) is 22.3 Å². The molecule has 0 saturated carbocycles. The summed E-state index contributed by atoms with van der Waals surface area (Å²) in [6.07, 6.45) is 10.5. The van der Waals surface area contributed by atoms with E-state index in [9.17, 15) is 0 Å². The lowest BCUT2D eigenvalue weighted by Gasteiger charge is -2.14. The smallest absolute Gasteiger partial charge is 0.126 e. The van der Waals surface area contributed by atoms with Crippen molar-refractivity contribution in [3.8, 4) is 5.75 Å². The fourth-order valence-corrected chi connectivity index (χ4v) is 2.38. The summed E-state index contributed by atoms with van der Waals surface area (Å²) >= 11 is 0. The second kappa shape index (κ2) is 5.72. The molecule has 0 spiro atoms. The van der Waals surface area contributed by atoms with Crippen LogP contribution in [0.15, 0.2) is 48.6 Å². The SMILES string of the molecule is C=CCOc1c(C)cc(C)cc1CC1=CCC=C1. The van der Waals surface area contributed by atoms with Gasteiger partial charge in [-0.1, -0.05) is 48.6 Å². The molecule has 0 amide bonds. The minimum absolute atomic E-state index is 0.561. The first-order valence-electron chi connectivity index (χ1n) is 6.40. The summed E-state index contributed by atoms with van der Waals surface area (Å²) in [6.45, 7) is 8.51. The molecule has 0 atom stereocenters. The van der Waals surface area contributed by atoms with Crippen LogP contribution >= 0.6 is 0 Å². The van der Waals surface area contributed by atoms with Gasteiger partial charge in [0.15, 0.2) is 0 Å². The van der Waals surface area contributed by atoms with Crippen LogP contribution in [0.5, 0.6) is 5.75 Å². The molecule has 1 aromatic rings. The molecule has 18 heavy (non-hydrogen) atoms. The third kappa shape index (κ3) is 2.92. The molecule has 1 aliphatic rings. The minimum atomic E-state index is 0.561. The summed E-state index contributed by atoms with van der Waals surface area (Å²) in [5.41, 5.74) is 5.14. The molecule has 1 aromatic carbocycles. The van der Waals surface area contributed by atoms with Crippen LogP contribution < -0.4 is 4.74 Å². The van der Waals surface area contributed by atoms with Gasteiger partial charge in [0.1, 0.15) is 12.4 Å². The quantitative estimate of drug-likeness (QED) is 0.697. The van der Waals surface area contributed by atoms with Gasteiger partial charge in [-0.15, -0.1) is 0 Å². The van der Waals surface area contributed by atoms with Gasteiger partial charge < -0.3 is 4.74 Å². The third-order valence-corrected chi connectivity index (χ3v) is 3.08. The Morgan fingerprint density at radius 1 is 1.33 bits per heavy atom. The number of benzene rings is 1. The minimum Gasteiger partial charge on any atom is -0.489 e. The van der Waals surface area contributed by atoms with E-state index in [0.717, 1.165) is 18.6 Å². The van der Waals surface area contributed by atoms with E-state index in [-0.39, 0.29) is 0 Å². The standard InChI is InChI=1S/C17H20O/c1-4-9-18-17-14(3)10-13(2)11-16(17)12-15-7-5-6-8-15/h4-5,7-8,10-11H,1,6,9,12H2,2-3H3. The van der Waals surface area contributed by atoms with Crippen LogP contribution in [0.1, 0.15) is 23.1 Å². The van der Waals surface area contributed by atoms with Gasteiger partial charge in [-0.2, -0.15) is 0 Å². The van der Waals surface area contributed by atoms with Crippen LogP contribution in [0.3, 0.4) is 0 Å². The summed E-state index contributed by atoms with van der Waals surface area (Å²) < 4.78 is 5.81. The molecule has 0 aromatic heterocycles. The van der Waals surface area contributed by atoms with E-state index in [1.807, 2.05) is 0 Å². The molecule has 1 nitrogen and oxygen atoms in total. The zero-order valence-corrected chi connectivity index (χ0v) is 11.2. The van der Waals surface area contributed by atoms with Crippen LogP contribution in [0.4, 0.5) is 0 Å². The molecule has 0 fully saturated rings. The average molecular weight is 240 g/mol. The van der Waals surface area contributed by atoms with Gasteiger partial charge in [-0.05, 0) is 37.0 Å². The maximum absolute atomic E-state index is 5.81. The molecular weight excluding hydrogens is 220 g/mol. The zero-order valence-electron chi connectivity index (χ0n) is 11.2. The molecule has 0 unspecified atom stereocenters. The second-order valence-electron chi connectivity index (χ2n) is 4.76. The number of ether oxygens (including phenoxy) is 1. The molecule has 0 N–H and O–H groups in total. The highest BCUT2D eigenvalue weighted by atomic mass is 16.5. The van der Waals surface area contributed by atoms with Crippen LogP contribution in [-0.4, -0.2) is 6.61 Å². The fraction of sp³-hybridized carbons (Fsp3) is 0.294. The topological polar surface area (TPSA) is 9.23 Å². The van der Waals surface area contributed by atoms with Gasteiger partial charge in [0.25, 0.3) is 0 Å². The fourth-order valence-electron chi connectivity index (χ4n) is 2.38. The zero-order chi connectivity index (χ0) is 13.0. The molecule has 0 bridgehead atoms. The molecule has 1 aliphatic carbocycles. The van der Waals surface area contributed by atoms with Gasteiger partial charge in [-0.3, -0.25) is 0 Å². The van der Waals surface area contributed by atoms with Crippen molar-refractivity contribution in [2.45, 2.75) is 26.7 Å². The van der Waals surface area contributed by atoms with Gasteiger partial charge in [0.2, 0.25) is 0 Å². The maximum atomic E-state index is 5.81. The van der Waals surface area contributed by atoms with Gasteiger partial charge in [0.05, 0.1) is 0 Å². The van der Waals surface area contributed by atoms with Crippen molar-refractivity contribution < 1.29 is 4.74 Å². The Balaban J connectivity index is 2.30. The number of rotatable bonds is 5. The van der Waals surface area contributed by atoms with Crippen molar-refractivity contribution >= 4 is 0 Å². The summed E-state index contributed by atoms with van der Waals surface area (Å²) in [5, 5.41) is 0. The average Bonchev–Trinajstić information content (AvgIpc) is 2.80. The molecular formula is C17H20O. The van der Waals surface area contributed by atoms with E-state index in [2.05, 4.69) is 50.8 Å². The van der Waals surface area contributed by atoms with Crippen LogP contribution in [0, 0.1) is 13.8 Å². The number of hydrogen-bond donors (Lipinski definition) is 0. The van der Waals surface area contributed by atoms with Gasteiger partial charge >= 0.3 is 0 Å². The van der Waals surface area contributed by atoms with Crippen molar-refractivity contribution in [3.05, 3.63) is 65.3 Å². The van der Waals surface area contributed by atoms with E-state index in [4.69, 9.17) is 4.74 Å². The number of aryl methyl sites for hydroxylation is 2. The summed E-state index contributed by atoms with van der Waals surface area (Å²) in [5.74, 6) is 1.02. The van der Waals surface area contributed by atoms with E-state index in [1.54, 1.807) is 6.08 Å². The lowest BCUT2D eigenvalue weighted by atomic mass is 9.99. The first-order valence-corrected chi connectivity index (χ1v) is 6.40. The highest BCUT2D eigenvalue weighted by molar-refractivity contribution is 5.47. The van der Waals surface area contributed by atoms with Crippen molar-refractivity contribution in [3.63, 3.8) is 0 Å². The summed E-state index contributed by atoms with van der Waals surface area (Å²) in [6, 6.07) is 4.39. The Bertz CT molecular complexity index is 507. The molecule has 2 rings (SSSR count). The predicted molar refractivity (Wildman–Crippen MR) is 77.2 cm³/mol. The van der Waals surface area contributed by atoms with E-state index in [0.29, 0.717) is 6.61 Å². The Hall–Kier alpha value is -1.76. The van der Waals surface area contributed by atoms with E-state index >= 15 is 0 Å². The van der Waals surface area contributed by atoms with Crippen LogP contribution in [0.2, 0.25) is 0 Å². The highest BCUT2D eigenvalue weighted by Crippen LogP contribution is 2.29. The first kappa shape index (κ1) is 12.7. The van der Waals surface area contributed by atoms with Crippen molar-refractivity contribution in [2.24, 2.45) is 0 Å². The molecule has 0 saturated heterocycles. The molecule has 94 valence electrons. The number of allylic oxidation sites excluding steroid dienone is 4. The monoisotopic (exact) mass is 240 g/mol. The molecule has 1 heteroatoms. The van der Waals surface area contributed by atoms with Crippen molar-refractivity contribution in [1.29, 1.82) is 0 Å². The highest BCUT2D eigenvalue weighted by Gasteiger charge is 2.10. The Morgan fingerprint density at radius 2 is 2.17 bits per heavy atom. The molecule has 0 aliphatic heterocycles. The van der Waals surface area contributed by atoms with Crippen molar-refractivity contribution in [2.75, 3.05) is 6.61 Å². The van der Waals surface area contributed by atoms with Crippen LogP contribution in [0.25, 0.3) is 0 Å². The van der Waals surface area contributed by atoms with Gasteiger partial charge in [0, 0.05) is 6.42 Å². The Kier molecular flexibility index (Phi) is 4.03. The normalized spacial score (nSPS) is 13.6. The largest absolute Gasteiger partial charge is 0.489 e. The summed E-state index contributed by atoms with van der Waals surface area (Å²) in [4.78, 5) is 0. The van der Waals surface area contributed by atoms with E-state index < -0.39 is 0 Å². The van der Waals surface area contributed by atoms with Crippen molar-refractivity contribution in [1.82, 2.24) is 0 Å². The molecule has 0 heterocycles. The lowest BCUT2D eigenvalue weighted by molar-refractivity contribution is 0.357. The second-order valence-corrected chi connectivity index (χ2v) is 4.76. The molecule has 0 radical (unpaired) electrons. The first-order chi connectivity index (χ1) is 8.70. The number of hydrogen-bond acceptors (Lipinski definition) is 1.